The summed E-state index contributed by atoms with van der Waals surface area (Å²) in [6.07, 6.45) is 1.53. The van der Waals surface area contributed by atoms with Crippen molar-refractivity contribution < 1.29 is 14.3 Å². The van der Waals surface area contributed by atoms with Gasteiger partial charge in [-0.25, -0.2) is 14.5 Å². The Morgan fingerprint density at radius 2 is 2.20 bits per heavy atom. The predicted octanol–water partition coefficient (Wildman–Crippen LogP) is 2.39. The topological polar surface area (TPSA) is 81.1 Å². The molecule has 0 aliphatic heterocycles. The molecule has 0 aliphatic rings. The fraction of sp³-hybridized carbons (Fsp3) is 0.214. The van der Waals surface area contributed by atoms with E-state index in [2.05, 4.69) is 10.1 Å². The molecular formula is C14H13N3O3. The van der Waals surface area contributed by atoms with Gasteiger partial charge in [-0.05, 0) is 32.0 Å². The van der Waals surface area contributed by atoms with Crippen molar-refractivity contribution in [3.05, 3.63) is 47.2 Å². The number of aryl methyl sites for hydroxylation is 2. The summed E-state index contributed by atoms with van der Waals surface area (Å²) in [7, 11) is 0. The van der Waals surface area contributed by atoms with E-state index in [1.54, 1.807) is 17.7 Å². The third-order valence-corrected chi connectivity index (χ3v) is 3.07. The summed E-state index contributed by atoms with van der Waals surface area (Å²) >= 11 is 0. The third-order valence-electron chi connectivity index (χ3n) is 3.07. The van der Waals surface area contributed by atoms with E-state index in [-0.39, 0.29) is 5.56 Å². The van der Waals surface area contributed by atoms with E-state index in [1.807, 2.05) is 19.1 Å². The molecule has 1 N–H and O–H groups in total. The van der Waals surface area contributed by atoms with Crippen LogP contribution in [0.5, 0.6) is 0 Å². The minimum absolute atomic E-state index is 0.217. The van der Waals surface area contributed by atoms with Gasteiger partial charge < -0.3 is 9.52 Å². The zero-order valence-electron chi connectivity index (χ0n) is 11.1. The Balaban J connectivity index is 2.11. The number of rotatable bonds is 3. The Hall–Kier alpha value is -2.63. The number of furan rings is 1. The second-order valence-corrected chi connectivity index (χ2v) is 4.67. The van der Waals surface area contributed by atoms with Gasteiger partial charge in [-0.2, -0.15) is 5.10 Å². The van der Waals surface area contributed by atoms with Crippen LogP contribution < -0.4 is 0 Å². The van der Waals surface area contributed by atoms with Gasteiger partial charge >= 0.3 is 5.97 Å². The van der Waals surface area contributed by atoms with Crippen LogP contribution in [-0.2, 0) is 6.54 Å². The summed E-state index contributed by atoms with van der Waals surface area (Å²) in [6.45, 7) is 4.06. The van der Waals surface area contributed by atoms with Crippen molar-refractivity contribution in [1.82, 2.24) is 14.8 Å². The van der Waals surface area contributed by atoms with Gasteiger partial charge in [0.2, 0.25) is 0 Å². The largest absolute Gasteiger partial charge is 0.478 e. The summed E-state index contributed by atoms with van der Waals surface area (Å²) in [5.74, 6) is 0.605. The molecule has 0 aliphatic carbocycles. The van der Waals surface area contributed by atoms with E-state index in [0.29, 0.717) is 23.3 Å². The molecule has 0 atom stereocenters. The van der Waals surface area contributed by atoms with Crippen LogP contribution in [0.4, 0.5) is 0 Å². The number of carbonyl (C=O) groups is 1. The lowest BCUT2D eigenvalue weighted by atomic mass is 10.1. The molecule has 0 saturated heterocycles. The highest BCUT2D eigenvalue weighted by Crippen LogP contribution is 2.19. The molecule has 3 aromatic rings. The van der Waals surface area contributed by atoms with Crippen LogP contribution in [0.3, 0.4) is 0 Å². The monoisotopic (exact) mass is 271 g/mol. The molecular weight excluding hydrogens is 258 g/mol. The molecule has 3 heterocycles. The van der Waals surface area contributed by atoms with Crippen LogP contribution in [0, 0.1) is 13.8 Å². The number of carboxylic acids is 1. The second-order valence-electron chi connectivity index (χ2n) is 4.67. The minimum Gasteiger partial charge on any atom is -0.478 e. The van der Waals surface area contributed by atoms with Gasteiger partial charge in [-0.1, -0.05) is 0 Å². The van der Waals surface area contributed by atoms with Gasteiger partial charge in [-0.15, -0.1) is 0 Å². The zero-order valence-corrected chi connectivity index (χ0v) is 11.1. The van der Waals surface area contributed by atoms with E-state index in [4.69, 9.17) is 4.42 Å². The van der Waals surface area contributed by atoms with E-state index in [0.717, 1.165) is 11.5 Å². The summed E-state index contributed by atoms with van der Waals surface area (Å²) in [5.41, 5.74) is 1.41. The number of aromatic nitrogens is 3. The molecule has 0 radical (unpaired) electrons. The first kappa shape index (κ1) is 12.4. The zero-order chi connectivity index (χ0) is 14.3. The number of hydrogen-bond donors (Lipinski definition) is 1. The van der Waals surface area contributed by atoms with Crippen molar-refractivity contribution in [1.29, 1.82) is 0 Å². The molecule has 102 valence electrons. The average molecular weight is 271 g/mol. The van der Waals surface area contributed by atoms with Crippen LogP contribution >= 0.6 is 0 Å². The number of hydrogen-bond acceptors (Lipinski definition) is 4. The van der Waals surface area contributed by atoms with Crippen LogP contribution in [0.1, 0.15) is 27.6 Å². The highest BCUT2D eigenvalue weighted by atomic mass is 16.4. The summed E-state index contributed by atoms with van der Waals surface area (Å²) in [6, 6.07) is 5.30. The Morgan fingerprint density at radius 1 is 1.40 bits per heavy atom. The Labute approximate surface area is 114 Å². The standard InChI is InChI=1S/C14H13N3O3/c1-8-5-11(14(18)19)12-6-15-17(13(12)16-8)7-10-4-3-9(2)20-10/h3-6H,7H2,1-2H3,(H,18,19). The fourth-order valence-corrected chi connectivity index (χ4v) is 2.18. The quantitative estimate of drug-likeness (QED) is 0.791. The first-order chi connectivity index (χ1) is 9.54. The highest BCUT2D eigenvalue weighted by molar-refractivity contribution is 6.01. The van der Waals surface area contributed by atoms with E-state index >= 15 is 0 Å². The van der Waals surface area contributed by atoms with Crippen LogP contribution in [0.25, 0.3) is 11.0 Å². The maximum Gasteiger partial charge on any atom is 0.336 e. The predicted molar refractivity (Wildman–Crippen MR) is 71.8 cm³/mol. The molecule has 3 rings (SSSR count). The number of aromatic carboxylic acids is 1. The lowest BCUT2D eigenvalue weighted by Gasteiger charge is -2.03. The Kier molecular flexibility index (Phi) is 2.78. The van der Waals surface area contributed by atoms with Gasteiger partial charge in [-0.3, -0.25) is 0 Å². The van der Waals surface area contributed by atoms with Crippen molar-refractivity contribution in [3.8, 4) is 0 Å². The second kappa shape index (κ2) is 4.48. The lowest BCUT2D eigenvalue weighted by molar-refractivity contribution is 0.0699. The lowest BCUT2D eigenvalue weighted by Crippen LogP contribution is -2.04. The molecule has 20 heavy (non-hydrogen) atoms. The van der Waals surface area contributed by atoms with Crippen molar-refractivity contribution >= 4 is 17.0 Å². The SMILES string of the molecule is Cc1cc(C(=O)O)c2cnn(Cc3ccc(C)o3)c2n1. The number of nitrogens with zero attached hydrogens (tertiary/aromatic N) is 3. The van der Waals surface area contributed by atoms with E-state index in [9.17, 15) is 9.90 Å². The molecule has 3 aromatic heterocycles. The van der Waals surface area contributed by atoms with Crippen molar-refractivity contribution in [2.75, 3.05) is 0 Å². The highest BCUT2D eigenvalue weighted by Gasteiger charge is 2.15. The molecule has 0 spiro atoms. The summed E-state index contributed by atoms with van der Waals surface area (Å²) in [4.78, 5) is 15.6. The van der Waals surface area contributed by atoms with Gasteiger partial charge in [0.05, 0.1) is 17.1 Å². The molecule has 0 amide bonds. The van der Waals surface area contributed by atoms with E-state index in [1.165, 1.54) is 6.20 Å². The number of pyridine rings is 1. The van der Waals surface area contributed by atoms with Crippen LogP contribution in [0.15, 0.2) is 28.8 Å². The van der Waals surface area contributed by atoms with Crippen molar-refractivity contribution in [2.45, 2.75) is 20.4 Å². The molecule has 6 heteroatoms. The van der Waals surface area contributed by atoms with Crippen LogP contribution in [0.2, 0.25) is 0 Å². The smallest absolute Gasteiger partial charge is 0.336 e. The normalized spacial score (nSPS) is 11.1. The maximum atomic E-state index is 11.3. The first-order valence-electron chi connectivity index (χ1n) is 6.16. The summed E-state index contributed by atoms with van der Waals surface area (Å²) in [5, 5.41) is 14.0. The maximum absolute atomic E-state index is 11.3. The fourth-order valence-electron chi connectivity index (χ4n) is 2.18. The van der Waals surface area contributed by atoms with E-state index < -0.39 is 5.97 Å². The Morgan fingerprint density at radius 3 is 2.85 bits per heavy atom. The van der Waals surface area contributed by atoms with Gasteiger partial charge in [0.1, 0.15) is 18.1 Å². The first-order valence-corrected chi connectivity index (χ1v) is 6.16. The average Bonchev–Trinajstić information content (AvgIpc) is 2.96. The molecule has 0 unspecified atom stereocenters. The van der Waals surface area contributed by atoms with Crippen molar-refractivity contribution in [3.63, 3.8) is 0 Å². The third kappa shape index (κ3) is 2.05. The van der Waals surface area contributed by atoms with Gasteiger partial charge in [0, 0.05) is 5.69 Å². The molecule has 0 bridgehead atoms. The number of fused-ring (bicyclic) bond motifs is 1. The number of carboxylic acid groups (broad SMARTS) is 1. The minimum atomic E-state index is -0.978. The molecule has 0 saturated carbocycles. The summed E-state index contributed by atoms with van der Waals surface area (Å²) < 4.78 is 7.15. The van der Waals surface area contributed by atoms with Crippen LogP contribution in [-0.4, -0.2) is 25.8 Å². The van der Waals surface area contributed by atoms with Gasteiger partial charge in [0.25, 0.3) is 0 Å². The molecule has 0 aromatic carbocycles. The Bertz CT molecular complexity index is 801. The molecule has 0 fully saturated rings. The van der Waals surface area contributed by atoms with Crippen molar-refractivity contribution in [2.24, 2.45) is 0 Å². The van der Waals surface area contributed by atoms with Gasteiger partial charge in [0.15, 0.2) is 5.65 Å². The molecule has 6 nitrogen and oxygen atoms in total.